The van der Waals surface area contributed by atoms with Crippen LogP contribution in [0.5, 0.6) is 0 Å². The number of nitrogens with one attached hydrogen (secondary N) is 1. The van der Waals surface area contributed by atoms with Crippen molar-refractivity contribution in [1.29, 1.82) is 0 Å². The molecule has 1 heterocycles. The van der Waals surface area contributed by atoms with Crippen molar-refractivity contribution in [3.8, 4) is 0 Å². The predicted molar refractivity (Wildman–Crippen MR) is 21.3 cm³/mol. The van der Waals surface area contributed by atoms with E-state index in [1.807, 2.05) is 0 Å². The standard InChI is InChI=1S/C3H4N2O/c6-3-1-2-4-5-3/h2H,1H2,(H,5,6). The summed E-state index contributed by atoms with van der Waals surface area (Å²) in [5.41, 5.74) is 2.25. The Morgan fingerprint density at radius 3 is 3.00 bits per heavy atom. The highest BCUT2D eigenvalue weighted by molar-refractivity contribution is 5.93. The van der Waals surface area contributed by atoms with Crippen molar-refractivity contribution in [3.63, 3.8) is 0 Å². The first-order valence-corrected chi connectivity index (χ1v) is 1.70. The van der Waals surface area contributed by atoms with Gasteiger partial charge in [0.05, 0.1) is 6.42 Å². The van der Waals surface area contributed by atoms with Crippen LogP contribution in [0.4, 0.5) is 0 Å². The van der Waals surface area contributed by atoms with Gasteiger partial charge in [0, 0.05) is 6.21 Å². The molecule has 3 heteroatoms. The van der Waals surface area contributed by atoms with Crippen molar-refractivity contribution >= 4 is 12.1 Å². The van der Waals surface area contributed by atoms with Crippen molar-refractivity contribution in [2.24, 2.45) is 5.10 Å². The molecule has 1 N–H and O–H groups in total. The molecule has 0 aromatic rings. The van der Waals surface area contributed by atoms with Crippen LogP contribution in [0, 0.1) is 0 Å². The van der Waals surface area contributed by atoms with E-state index in [1.54, 1.807) is 6.21 Å². The summed E-state index contributed by atoms with van der Waals surface area (Å²) in [7, 11) is 0. The zero-order valence-electron chi connectivity index (χ0n) is 3.14. The normalized spacial score (nSPS) is 18.3. The van der Waals surface area contributed by atoms with E-state index < -0.39 is 0 Å². The quantitative estimate of drug-likeness (QED) is 0.422. The molecule has 0 bridgehead atoms. The van der Waals surface area contributed by atoms with Crippen LogP contribution in [0.15, 0.2) is 5.10 Å². The van der Waals surface area contributed by atoms with Gasteiger partial charge >= 0.3 is 0 Å². The van der Waals surface area contributed by atoms with E-state index in [9.17, 15) is 4.79 Å². The molecule has 0 radical (unpaired) electrons. The molecule has 1 aliphatic rings. The van der Waals surface area contributed by atoms with E-state index in [2.05, 4.69) is 10.5 Å². The minimum atomic E-state index is -0.0185. The average molecular weight is 84.1 g/mol. The number of hydrogen-bond acceptors (Lipinski definition) is 2. The molecular formula is C3H4N2O. The molecule has 6 heavy (non-hydrogen) atoms. The van der Waals surface area contributed by atoms with Crippen molar-refractivity contribution in [2.45, 2.75) is 6.42 Å². The Morgan fingerprint density at radius 1 is 2.00 bits per heavy atom. The number of amides is 1. The van der Waals surface area contributed by atoms with Crippen LogP contribution in [-0.2, 0) is 4.79 Å². The lowest BCUT2D eigenvalue weighted by Crippen LogP contribution is -2.08. The molecule has 1 amide bonds. The van der Waals surface area contributed by atoms with Crippen LogP contribution in [0.25, 0.3) is 0 Å². The summed E-state index contributed by atoms with van der Waals surface area (Å²) < 4.78 is 0. The van der Waals surface area contributed by atoms with Crippen molar-refractivity contribution in [1.82, 2.24) is 5.43 Å². The summed E-state index contributed by atoms with van der Waals surface area (Å²) >= 11 is 0. The molecule has 32 valence electrons. The Hall–Kier alpha value is -0.860. The second-order valence-electron chi connectivity index (χ2n) is 1.05. The monoisotopic (exact) mass is 84.0 g/mol. The first kappa shape index (κ1) is 3.33. The third kappa shape index (κ3) is 0.381. The zero-order valence-corrected chi connectivity index (χ0v) is 3.14. The van der Waals surface area contributed by atoms with Gasteiger partial charge in [0.15, 0.2) is 0 Å². The highest BCUT2D eigenvalue weighted by Crippen LogP contribution is 1.79. The van der Waals surface area contributed by atoms with Gasteiger partial charge < -0.3 is 0 Å². The zero-order chi connectivity index (χ0) is 4.41. The second kappa shape index (κ2) is 1.08. The van der Waals surface area contributed by atoms with Gasteiger partial charge in [-0.1, -0.05) is 0 Å². The fourth-order valence-electron chi connectivity index (χ4n) is 0.292. The molecule has 0 spiro atoms. The molecule has 1 aliphatic heterocycles. The molecule has 0 aromatic carbocycles. The maximum Gasteiger partial charge on any atom is 0.245 e. The van der Waals surface area contributed by atoms with Crippen molar-refractivity contribution in [3.05, 3.63) is 0 Å². The second-order valence-corrected chi connectivity index (χ2v) is 1.05. The number of rotatable bonds is 0. The molecule has 0 fully saturated rings. The first-order chi connectivity index (χ1) is 2.89. The minimum absolute atomic E-state index is 0.0185. The summed E-state index contributed by atoms with van der Waals surface area (Å²) in [5.74, 6) is -0.0185. The van der Waals surface area contributed by atoms with Crippen LogP contribution in [0.1, 0.15) is 6.42 Å². The van der Waals surface area contributed by atoms with E-state index in [0.29, 0.717) is 6.42 Å². The fraction of sp³-hybridized carbons (Fsp3) is 0.333. The predicted octanol–water partition coefficient (Wildman–Crippen LogP) is -0.508. The smallest absolute Gasteiger partial charge is 0.245 e. The highest BCUT2D eigenvalue weighted by Gasteiger charge is 1.99. The van der Waals surface area contributed by atoms with Gasteiger partial charge in [-0.15, -0.1) is 0 Å². The van der Waals surface area contributed by atoms with Crippen LogP contribution >= 0.6 is 0 Å². The van der Waals surface area contributed by atoms with Gasteiger partial charge in [0.1, 0.15) is 0 Å². The molecule has 0 aromatic heterocycles. The number of hydrazone groups is 1. The van der Waals surface area contributed by atoms with Crippen LogP contribution in [0.3, 0.4) is 0 Å². The molecule has 1 rings (SSSR count). The molecular weight excluding hydrogens is 80.0 g/mol. The number of nitrogens with zero attached hydrogens (tertiary/aromatic N) is 1. The van der Waals surface area contributed by atoms with Crippen molar-refractivity contribution < 1.29 is 4.79 Å². The van der Waals surface area contributed by atoms with E-state index in [-0.39, 0.29) is 5.91 Å². The molecule has 0 unspecified atom stereocenters. The van der Waals surface area contributed by atoms with E-state index >= 15 is 0 Å². The Labute approximate surface area is 35.0 Å². The van der Waals surface area contributed by atoms with E-state index in [1.165, 1.54) is 0 Å². The number of carbonyl (C=O) groups is 1. The SMILES string of the molecule is O=C1CC=NN1. The van der Waals surface area contributed by atoms with Gasteiger partial charge in [-0.05, 0) is 0 Å². The molecule has 0 atom stereocenters. The Balaban J connectivity index is 2.52. The van der Waals surface area contributed by atoms with Crippen LogP contribution in [0.2, 0.25) is 0 Å². The summed E-state index contributed by atoms with van der Waals surface area (Å²) in [6.07, 6.45) is 1.99. The molecule has 0 saturated carbocycles. The third-order valence-electron chi connectivity index (χ3n) is 0.557. The average Bonchev–Trinajstić information content (AvgIpc) is 1.86. The summed E-state index contributed by atoms with van der Waals surface area (Å²) in [4.78, 5) is 10.0. The van der Waals surface area contributed by atoms with Gasteiger partial charge in [-0.2, -0.15) is 5.10 Å². The van der Waals surface area contributed by atoms with E-state index in [0.717, 1.165) is 0 Å². The third-order valence-corrected chi connectivity index (χ3v) is 0.557. The molecule has 3 nitrogen and oxygen atoms in total. The highest BCUT2D eigenvalue weighted by atomic mass is 16.2. The van der Waals surface area contributed by atoms with Crippen LogP contribution in [-0.4, -0.2) is 12.1 Å². The molecule has 0 saturated heterocycles. The van der Waals surface area contributed by atoms with Crippen LogP contribution < -0.4 is 5.43 Å². The number of carbonyl (C=O) groups excluding carboxylic acids is 1. The first-order valence-electron chi connectivity index (χ1n) is 1.70. The topological polar surface area (TPSA) is 41.5 Å². The lowest BCUT2D eigenvalue weighted by Gasteiger charge is -1.77. The summed E-state index contributed by atoms with van der Waals surface area (Å²) in [6, 6.07) is 0. The lowest BCUT2D eigenvalue weighted by atomic mass is 10.5. The van der Waals surface area contributed by atoms with Gasteiger partial charge in [-0.25, -0.2) is 5.43 Å². The van der Waals surface area contributed by atoms with Crippen molar-refractivity contribution in [2.75, 3.05) is 0 Å². The lowest BCUT2D eigenvalue weighted by molar-refractivity contribution is -0.119. The van der Waals surface area contributed by atoms with Gasteiger partial charge in [0.2, 0.25) is 5.91 Å². The Bertz CT molecular complexity index is 87.0. The van der Waals surface area contributed by atoms with Gasteiger partial charge in [0.25, 0.3) is 0 Å². The fourth-order valence-corrected chi connectivity index (χ4v) is 0.292. The van der Waals surface area contributed by atoms with Gasteiger partial charge in [-0.3, -0.25) is 4.79 Å². The van der Waals surface area contributed by atoms with E-state index in [4.69, 9.17) is 0 Å². The Morgan fingerprint density at radius 2 is 2.83 bits per heavy atom. The summed E-state index contributed by atoms with van der Waals surface area (Å²) in [5, 5.41) is 3.44. The number of hydrogen-bond donors (Lipinski definition) is 1. The molecule has 0 aliphatic carbocycles. The Kier molecular flexibility index (Phi) is 0.602. The maximum atomic E-state index is 10.0. The minimum Gasteiger partial charge on any atom is -0.273 e. The largest absolute Gasteiger partial charge is 0.273 e. The summed E-state index contributed by atoms with van der Waals surface area (Å²) in [6.45, 7) is 0. The maximum absolute atomic E-state index is 10.0.